The number of fused-ring (bicyclic) bond motifs is 1. The van der Waals surface area contributed by atoms with Gasteiger partial charge in [-0.25, -0.2) is 9.78 Å². The molecule has 146 valence electrons. The van der Waals surface area contributed by atoms with Crippen LogP contribution in [0.1, 0.15) is 22.3 Å². The van der Waals surface area contributed by atoms with Gasteiger partial charge >= 0.3 is 5.69 Å². The zero-order valence-electron chi connectivity index (χ0n) is 15.5. The lowest BCUT2D eigenvalue weighted by molar-refractivity contribution is 0.0951. The standard InChI is InChI=1S/C20H17N5O3S/c1-2-25-19(27)14-4-3-13(9-15(14)24-20(25)28)18(26)22-10-17-23-16(11-29-17)12-5-7-21-8-6-12/h3-9,11H,2,10H2,1H3,(H,22,26)(H,24,28). The second kappa shape index (κ2) is 7.80. The van der Waals surface area contributed by atoms with Gasteiger partial charge in [-0.15, -0.1) is 11.3 Å². The summed E-state index contributed by atoms with van der Waals surface area (Å²) in [6, 6.07) is 8.39. The molecule has 4 aromatic rings. The predicted octanol–water partition coefficient (Wildman–Crippen LogP) is 2.16. The van der Waals surface area contributed by atoms with Crippen LogP contribution >= 0.6 is 11.3 Å². The Kier molecular flexibility index (Phi) is 5.05. The van der Waals surface area contributed by atoms with Gasteiger partial charge in [0.15, 0.2) is 0 Å². The van der Waals surface area contributed by atoms with Crippen LogP contribution in [0.5, 0.6) is 0 Å². The maximum Gasteiger partial charge on any atom is 0.328 e. The highest BCUT2D eigenvalue weighted by molar-refractivity contribution is 7.09. The number of hydrogen-bond donors (Lipinski definition) is 2. The van der Waals surface area contributed by atoms with Gasteiger partial charge in [0.05, 0.1) is 23.1 Å². The van der Waals surface area contributed by atoms with Crippen LogP contribution < -0.4 is 16.6 Å². The molecule has 0 aliphatic carbocycles. The third-order valence-corrected chi connectivity index (χ3v) is 5.34. The maximum absolute atomic E-state index is 12.5. The van der Waals surface area contributed by atoms with Crippen molar-refractivity contribution in [3.05, 3.63) is 79.5 Å². The average Bonchev–Trinajstić information content (AvgIpc) is 3.21. The van der Waals surface area contributed by atoms with Crippen LogP contribution in [0.25, 0.3) is 22.2 Å². The summed E-state index contributed by atoms with van der Waals surface area (Å²) in [5.41, 5.74) is 1.63. The van der Waals surface area contributed by atoms with Crippen molar-refractivity contribution in [1.82, 2.24) is 24.8 Å². The second-order valence-corrected chi connectivity index (χ2v) is 7.23. The van der Waals surface area contributed by atoms with E-state index in [2.05, 4.69) is 20.3 Å². The lowest BCUT2D eigenvalue weighted by atomic mass is 10.1. The first-order valence-corrected chi connectivity index (χ1v) is 9.84. The summed E-state index contributed by atoms with van der Waals surface area (Å²) in [4.78, 5) is 48.0. The molecule has 0 atom stereocenters. The average molecular weight is 407 g/mol. The number of aromatic nitrogens is 4. The summed E-state index contributed by atoms with van der Waals surface area (Å²) < 4.78 is 1.12. The Balaban J connectivity index is 1.52. The Bertz CT molecular complexity index is 1310. The molecule has 3 aromatic heterocycles. The molecule has 4 rings (SSSR count). The molecule has 0 radical (unpaired) electrons. The molecule has 1 aromatic carbocycles. The van der Waals surface area contributed by atoms with Crippen molar-refractivity contribution < 1.29 is 4.79 Å². The Morgan fingerprint density at radius 1 is 1.21 bits per heavy atom. The fraction of sp³-hybridized carbons (Fsp3) is 0.150. The van der Waals surface area contributed by atoms with Crippen LogP contribution in [0.2, 0.25) is 0 Å². The van der Waals surface area contributed by atoms with Crippen LogP contribution in [-0.4, -0.2) is 25.4 Å². The molecule has 9 heteroatoms. The number of hydrogen-bond acceptors (Lipinski definition) is 6. The van der Waals surface area contributed by atoms with Crippen molar-refractivity contribution in [2.24, 2.45) is 0 Å². The molecule has 0 unspecified atom stereocenters. The molecular weight excluding hydrogens is 390 g/mol. The number of nitrogens with one attached hydrogen (secondary N) is 2. The van der Waals surface area contributed by atoms with Gasteiger partial charge in [0.25, 0.3) is 11.5 Å². The van der Waals surface area contributed by atoms with Gasteiger partial charge in [-0.1, -0.05) is 0 Å². The zero-order valence-corrected chi connectivity index (χ0v) is 16.3. The number of amides is 1. The van der Waals surface area contributed by atoms with E-state index in [1.54, 1.807) is 31.5 Å². The number of rotatable bonds is 5. The maximum atomic E-state index is 12.5. The second-order valence-electron chi connectivity index (χ2n) is 6.28. The van der Waals surface area contributed by atoms with Gasteiger partial charge in [0.2, 0.25) is 0 Å². The van der Waals surface area contributed by atoms with Crippen LogP contribution in [-0.2, 0) is 13.1 Å². The van der Waals surface area contributed by atoms with Gasteiger partial charge in [0, 0.05) is 35.4 Å². The summed E-state index contributed by atoms with van der Waals surface area (Å²) >= 11 is 1.45. The largest absolute Gasteiger partial charge is 0.346 e. The number of carbonyl (C=O) groups is 1. The molecule has 0 fully saturated rings. The number of aromatic amines is 1. The molecule has 1 amide bonds. The van der Waals surface area contributed by atoms with Gasteiger partial charge in [-0.3, -0.25) is 19.1 Å². The molecule has 29 heavy (non-hydrogen) atoms. The van der Waals surface area contributed by atoms with E-state index in [-0.39, 0.29) is 24.6 Å². The Morgan fingerprint density at radius 3 is 2.76 bits per heavy atom. The summed E-state index contributed by atoms with van der Waals surface area (Å²) in [6.07, 6.45) is 3.41. The van der Waals surface area contributed by atoms with Gasteiger partial charge in [-0.05, 0) is 37.3 Å². The summed E-state index contributed by atoms with van der Waals surface area (Å²) in [5, 5.41) is 5.88. The van der Waals surface area contributed by atoms with Crippen molar-refractivity contribution in [3.8, 4) is 11.3 Å². The van der Waals surface area contributed by atoms with Gasteiger partial charge < -0.3 is 10.3 Å². The van der Waals surface area contributed by atoms with Crippen LogP contribution in [0.4, 0.5) is 0 Å². The highest BCUT2D eigenvalue weighted by Gasteiger charge is 2.12. The smallest absolute Gasteiger partial charge is 0.328 e. The SMILES string of the molecule is CCn1c(=O)[nH]c2cc(C(=O)NCc3nc(-c4ccncc4)cs3)ccc2c1=O. The van der Waals surface area contributed by atoms with Crippen molar-refractivity contribution in [1.29, 1.82) is 0 Å². The third-order valence-electron chi connectivity index (χ3n) is 4.49. The first kappa shape index (κ1) is 18.8. The van der Waals surface area contributed by atoms with E-state index < -0.39 is 5.69 Å². The fourth-order valence-corrected chi connectivity index (χ4v) is 3.73. The van der Waals surface area contributed by atoms with E-state index in [1.165, 1.54) is 17.4 Å². The van der Waals surface area contributed by atoms with E-state index in [1.807, 2.05) is 17.5 Å². The van der Waals surface area contributed by atoms with E-state index >= 15 is 0 Å². The minimum Gasteiger partial charge on any atom is -0.346 e. The summed E-state index contributed by atoms with van der Waals surface area (Å²) in [5.74, 6) is -0.312. The number of carbonyl (C=O) groups excluding carboxylic acids is 1. The Morgan fingerprint density at radius 2 is 2.00 bits per heavy atom. The summed E-state index contributed by atoms with van der Waals surface area (Å²) in [6.45, 7) is 2.28. The van der Waals surface area contributed by atoms with Crippen molar-refractivity contribution in [2.75, 3.05) is 0 Å². The molecule has 0 bridgehead atoms. The summed E-state index contributed by atoms with van der Waals surface area (Å²) in [7, 11) is 0. The molecule has 3 heterocycles. The van der Waals surface area contributed by atoms with Crippen molar-refractivity contribution in [3.63, 3.8) is 0 Å². The third kappa shape index (κ3) is 3.72. The quantitative estimate of drug-likeness (QED) is 0.527. The van der Waals surface area contributed by atoms with E-state index in [9.17, 15) is 14.4 Å². The number of nitrogens with zero attached hydrogens (tertiary/aromatic N) is 3. The molecule has 0 aliphatic rings. The van der Waals surface area contributed by atoms with Crippen molar-refractivity contribution >= 4 is 28.1 Å². The van der Waals surface area contributed by atoms with Crippen LogP contribution in [0.15, 0.2) is 57.7 Å². The topological polar surface area (TPSA) is 110 Å². The Hall–Kier alpha value is -3.59. The highest BCUT2D eigenvalue weighted by Crippen LogP contribution is 2.21. The fourth-order valence-electron chi connectivity index (χ4n) is 2.99. The van der Waals surface area contributed by atoms with E-state index in [4.69, 9.17) is 0 Å². The molecule has 0 aliphatic heterocycles. The minimum absolute atomic E-state index is 0.278. The molecule has 8 nitrogen and oxygen atoms in total. The molecule has 0 saturated carbocycles. The van der Waals surface area contributed by atoms with Crippen LogP contribution in [0, 0.1) is 0 Å². The normalized spacial score (nSPS) is 10.9. The van der Waals surface area contributed by atoms with E-state index in [0.29, 0.717) is 16.5 Å². The van der Waals surface area contributed by atoms with E-state index in [0.717, 1.165) is 20.8 Å². The lowest BCUT2D eigenvalue weighted by Crippen LogP contribution is -2.34. The van der Waals surface area contributed by atoms with Gasteiger partial charge in [0.1, 0.15) is 5.01 Å². The number of pyridine rings is 1. The molecular formula is C20H17N5O3S. The zero-order chi connectivity index (χ0) is 20.4. The number of thiazole rings is 1. The first-order valence-electron chi connectivity index (χ1n) is 8.96. The number of H-pyrrole nitrogens is 1. The lowest BCUT2D eigenvalue weighted by Gasteiger charge is -2.06. The Labute approximate surface area is 168 Å². The van der Waals surface area contributed by atoms with Crippen LogP contribution in [0.3, 0.4) is 0 Å². The predicted molar refractivity (Wildman–Crippen MR) is 111 cm³/mol. The molecule has 0 saturated heterocycles. The minimum atomic E-state index is -0.492. The monoisotopic (exact) mass is 407 g/mol. The highest BCUT2D eigenvalue weighted by atomic mass is 32.1. The molecule has 2 N–H and O–H groups in total. The van der Waals surface area contributed by atoms with Gasteiger partial charge in [-0.2, -0.15) is 0 Å². The number of benzene rings is 1. The molecule has 0 spiro atoms. The first-order chi connectivity index (χ1) is 14.1. The van der Waals surface area contributed by atoms with Crippen molar-refractivity contribution in [2.45, 2.75) is 20.0 Å².